The van der Waals surface area contributed by atoms with Crippen molar-refractivity contribution in [3.8, 4) is 0 Å². The summed E-state index contributed by atoms with van der Waals surface area (Å²) in [6.07, 6.45) is 5.00. The van der Waals surface area contributed by atoms with Gasteiger partial charge in [0.15, 0.2) is 0 Å². The second-order valence-corrected chi connectivity index (χ2v) is 6.47. The maximum atomic E-state index is 9.22. The second-order valence-electron chi connectivity index (χ2n) is 6.47. The van der Waals surface area contributed by atoms with E-state index in [4.69, 9.17) is 0 Å². The summed E-state index contributed by atoms with van der Waals surface area (Å²) in [7, 11) is 0. The van der Waals surface area contributed by atoms with Crippen LogP contribution in [0.5, 0.6) is 0 Å². The zero-order valence-electron chi connectivity index (χ0n) is 10.9. The topological polar surface area (TPSA) is 52.5 Å². The molecular weight excluding hydrogens is 202 g/mol. The van der Waals surface area contributed by atoms with E-state index in [0.717, 1.165) is 0 Å². The number of hydrogen-bond acceptors (Lipinski definition) is 3. The third-order valence-corrected chi connectivity index (χ3v) is 3.79. The Bertz CT molecular complexity index is 212. The molecule has 1 atom stereocenters. The van der Waals surface area contributed by atoms with E-state index >= 15 is 0 Å². The van der Waals surface area contributed by atoms with Gasteiger partial charge in [0.25, 0.3) is 0 Å². The molecule has 0 amide bonds. The average Bonchev–Trinajstić information content (AvgIpc) is 2.25. The molecule has 1 aliphatic carbocycles. The number of nitrogens with one attached hydrogen (secondary N) is 1. The highest BCUT2D eigenvalue weighted by Gasteiger charge is 2.29. The molecule has 3 nitrogen and oxygen atoms in total. The van der Waals surface area contributed by atoms with Crippen molar-refractivity contribution in [1.82, 2.24) is 5.32 Å². The molecule has 1 aliphatic rings. The van der Waals surface area contributed by atoms with Gasteiger partial charge in [-0.05, 0) is 24.7 Å². The summed E-state index contributed by atoms with van der Waals surface area (Å²) in [6, 6.07) is 0.543. The van der Waals surface area contributed by atoms with E-state index in [1.54, 1.807) is 0 Å². The van der Waals surface area contributed by atoms with E-state index in [1.807, 2.05) is 6.92 Å². The summed E-state index contributed by atoms with van der Waals surface area (Å²) < 4.78 is 0. The van der Waals surface area contributed by atoms with Crippen LogP contribution in [0.4, 0.5) is 0 Å². The van der Waals surface area contributed by atoms with Gasteiger partial charge in [-0.2, -0.15) is 0 Å². The van der Waals surface area contributed by atoms with Crippen molar-refractivity contribution < 1.29 is 10.2 Å². The standard InChI is InChI=1S/C13H27NO2/c1-12(2)6-4-5-11(7-12)14-8-13(3,9-15)10-16/h11,14-16H,4-10H2,1-3H3. The number of hydrogen-bond donors (Lipinski definition) is 3. The quantitative estimate of drug-likeness (QED) is 0.670. The van der Waals surface area contributed by atoms with Crippen LogP contribution in [0.15, 0.2) is 0 Å². The number of aliphatic hydroxyl groups is 2. The molecule has 0 saturated heterocycles. The van der Waals surface area contributed by atoms with Gasteiger partial charge in [-0.1, -0.05) is 27.2 Å². The fraction of sp³-hybridized carbons (Fsp3) is 1.00. The minimum atomic E-state index is -0.387. The maximum Gasteiger partial charge on any atom is 0.0518 e. The summed E-state index contributed by atoms with van der Waals surface area (Å²) in [5.41, 5.74) is 0.0480. The molecule has 0 heterocycles. The van der Waals surface area contributed by atoms with Crippen molar-refractivity contribution in [2.45, 2.75) is 52.5 Å². The summed E-state index contributed by atoms with van der Waals surface area (Å²) in [6.45, 7) is 7.31. The highest BCUT2D eigenvalue weighted by Crippen LogP contribution is 2.35. The summed E-state index contributed by atoms with van der Waals surface area (Å²) in [5, 5.41) is 21.9. The molecule has 1 rings (SSSR count). The molecule has 0 aromatic heterocycles. The van der Waals surface area contributed by atoms with Gasteiger partial charge in [0, 0.05) is 18.0 Å². The zero-order chi connectivity index (χ0) is 12.2. The number of rotatable bonds is 5. The van der Waals surface area contributed by atoms with Crippen LogP contribution in [0, 0.1) is 10.8 Å². The van der Waals surface area contributed by atoms with Gasteiger partial charge in [-0.3, -0.25) is 0 Å². The highest BCUT2D eigenvalue weighted by atomic mass is 16.3. The zero-order valence-corrected chi connectivity index (χ0v) is 10.9. The monoisotopic (exact) mass is 229 g/mol. The molecule has 3 heteroatoms. The molecule has 16 heavy (non-hydrogen) atoms. The Morgan fingerprint density at radius 3 is 2.44 bits per heavy atom. The van der Waals surface area contributed by atoms with Crippen LogP contribution in [-0.2, 0) is 0 Å². The van der Waals surface area contributed by atoms with E-state index in [2.05, 4.69) is 19.2 Å². The van der Waals surface area contributed by atoms with E-state index < -0.39 is 0 Å². The Kier molecular flexibility index (Phi) is 4.77. The van der Waals surface area contributed by atoms with E-state index in [1.165, 1.54) is 25.7 Å². The molecule has 0 aromatic rings. The first-order valence-electron chi connectivity index (χ1n) is 6.36. The van der Waals surface area contributed by atoms with Gasteiger partial charge >= 0.3 is 0 Å². The summed E-state index contributed by atoms with van der Waals surface area (Å²) in [4.78, 5) is 0. The van der Waals surface area contributed by atoms with Crippen LogP contribution in [-0.4, -0.2) is 36.0 Å². The molecule has 0 spiro atoms. The van der Waals surface area contributed by atoms with E-state index in [-0.39, 0.29) is 18.6 Å². The third kappa shape index (κ3) is 4.04. The minimum absolute atomic E-state index is 0.0343. The minimum Gasteiger partial charge on any atom is -0.396 e. The fourth-order valence-corrected chi connectivity index (χ4v) is 2.42. The average molecular weight is 229 g/mol. The van der Waals surface area contributed by atoms with Gasteiger partial charge in [-0.25, -0.2) is 0 Å². The summed E-state index contributed by atoms with van der Waals surface area (Å²) >= 11 is 0. The normalized spacial score (nSPS) is 25.7. The molecular formula is C13H27NO2. The maximum absolute atomic E-state index is 9.22. The van der Waals surface area contributed by atoms with Crippen molar-refractivity contribution in [2.75, 3.05) is 19.8 Å². The van der Waals surface area contributed by atoms with E-state index in [9.17, 15) is 10.2 Å². The molecule has 0 aliphatic heterocycles. The largest absolute Gasteiger partial charge is 0.396 e. The molecule has 0 radical (unpaired) electrons. The lowest BCUT2D eigenvalue weighted by molar-refractivity contribution is 0.0628. The van der Waals surface area contributed by atoms with Crippen molar-refractivity contribution in [3.05, 3.63) is 0 Å². The first kappa shape index (κ1) is 13.9. The van der Waals surface area contributed by atoms with Crippen LogP contribution in [0.2, 0.25) is 0 Å². The first-order chi connectivity index (χ1) is 7.41. The number of aliphatic hydroxyl groups excluding tert-OH is 2. The van der Waals surface area contributed by atoms with Crippen LogP contribution < -0.4 is 5.32 Å². The molecule has 1 saturated carbocycles. The predicted molar refractivity (Wildman–Crippen MR) is 66.3 cm³/mol. The predicted octanol–water partition coefficient (Wildman–Crippen LogP) is 1.54. The fourth-order valence-electron chi connectivity index (χ4n) is 2.42. The van der Waals surface area contributed by atoms with Crippen molar-refractivity contribution in [1.29, 1.82) is 0 Å². The molecule has 3 N–H and O–H groups in total. The molecule has 0 aromatic carbocycles. The Labute approximate surface area is 99.3 Å². The molecule has 96 valence electrons. The highest BCUT2D eigenvalue weighted by molar-refractivity contribution is 4.85. The Balaban J connectivity index is 2.37. The lowest BCUT2D eigenvalue weighted by Crippen LogP contribution is -2.45. The van der Waals surface area contributed by atoms with Gasteiger partial charge in [-0.15, -0.1) is 0 Å². The van der Waals surface area contributed by atoms with Gasteiger partial charge in [0.1, 0.15) is 0 Å². The Morgan fingerprint density at radius 1 is 1.31 bits per heavy atom. The van der Waals surface area contributed by atoms with Crippen molar-refractivity contribution in [2.24, 2.45) is 10.8 Å². The third-order valence-electron chi connectivity index (χ3n) is 3.79. The van der Waals surface area contributed by atoms with Crippen LogP contribution in [0.1, 0.15) is 46.5 Å². The first-order valence-corrected chi connectivity index (χ1v) is 6.36. The van der Waals surface area contributed by atoms with Gasteiger partial charge in [0.05, 0.1) is 13.2 Å². The Hall–Kier alpha value is -0.120. The van der Waals surface area contributed by atoms with Crippen LogP contribution in [0.3, 0.4) is 0 Å². The molecule has 1 fully saturated rings. The van der Waals surface area contributed by atoms with Gasteiger partial charge in [0.2, 0.25) is 0 Å². The van der Waals surface area contributed by atoms with Crippen molar-refractivity contribution in [3.63, 3.8) is 0 Å². The SMILES string of the molecule is CC1(C)CCCC(NCC(C)(CO)CO)C1. The van der Waals surface area contributed by atoms with E-state index in [0.29, 0.717) is 18.0 Å². The lowest BCUT2D eigenvalue weighted by atomic mass is 9.75. The van der Waals surface area contributed by atoms with Gasteiger partial charge < -0.3 is 15.5 Å². The summed E-state index contributed by atoms with van der Waals surface area (Å²) in [5.74, 6) is 0. The molecule has 0 bridgehead atoms. The smallest absolute Gasteiger partial charge is 0.0518 e. The second kappa shape index (κ2) is 5.48. The molecule has 1 unspecified atom stereocenters. The Morgan fingerprint density at radius 2 is 1.94 bits per heavy atom. The lowest BCUT2D eigenvalue weighted by Gasteiger charge is -2.37. The van der Waals surface area contributed by atoms with Crippen LogP contribution >= 0.6 is 0 Å². The van der Waals surface area contributed by atoms with Crippen molar-refractivity contribution >= 4 is 0 Å². The van der Waals surface area contributed by atoms with Crippen LogP contribution in [0.25, 0.3) is 0 Å².